The van der Waals surface area contributed by atoms with Gasteiger partial charge in [-0.1, -0.05) is 30.3 Å². The van der Waals surface area contributed by atoms with Crippen LogP contribution in [0.2, 0.25) is 0 Å². The summed E-state index contributed by atoms with van der Waals surface area (Å²) in [6.45, 7) is 0.452. The average molecular weight is 289 g/mol. The summed E-state index contributed by atoms with van der Waals surface area (Å²) in [5, 5.41) is 0. The number of anilines is 1. The van der Waals surface area contributed by atoms with Crippen LogP contribution in [0.4, 0.5) is 5.69 Å². The van der Waals surface area contributed by atoms with E-state index in [1.54, 1.807) is 35.6 Å². The van der Waals surface area contributed by atoms with Crippen LogP contribution in [0.5, 0.6) is 0 Å². The van der Waals surface area contributed by atoms with Gasteiger partial charge in [0, 0.05) is 24.3 Å². The number of aromatic nitrogens is 2. The van der Waals surface area contributed by atoms with Crippen LogP contribution in [0.15, 0.2) is 79.3 Å². The molecule has 108 valence electrons. The van der Waals surface area contributed by atoms with Crippen LogP contribution in [0, 0.1) is 0 Å². The predicted octanol–water partition coefficient (Wildman–Crippen LogP) is 3.32. The number of para-hydroxylation sites is 1. The molecule has 0 aliphatic heterocycles. The van der Waals surface area contributed by atoms with Crippen molar-refractivity contribution >= 4 is 11.6 Å². The quantitative estimate of drug-likeness (QED) is 0.740. The molecule has 0 atom stereocenters. The van der Waals surface area contributed by atoms with E-state index in [9.17, 15) is 4.79 Å². The first-order valence-electron chi connectivity index (χ1n) is 7.01. The van der Waals surface area contributed by atoms with Gasteiger partial charge in [0.15, 0.2) is 0 Å². The third kappa shape index (κ3) is 3.17. The minimum absolute atomic E-state index is 0.129. The lowest BCUT2D eigenvalue weighted by Gasteiger charge is -2.22. The lowest BCUT2D eigenvalue weighted by Crippen LogP contribution is -2.31. The van der Waals surface area contributed by atoms with Crippen LogP contribution in [-0.2, 0) is 6.54 Å². The molecule has 4 heteroatoms. The molecule has 0 saturated carbocycles. The van der Waals surface area contributed by atoms with Crippen LogP contribution in [0.25, 0.3) is 0 Å². The topological polar surface area (TPSA) is 46.1 Å². The van der Waals surface area contributed by atoms with Crippen LogP contribution in [0.1, 0.15) is 16.1 Å². The summed E-state index contributed by atoms with van der Waals surface area (Å²) < 4.78 is 0. The van der Waals surface area contributed by atoms with Crippen molar-refractivity contribution in [2.24, 2.45) is 0 Å². The number of carbonyl (C=O) groups excluding carboxylic acids is 1. The van der Waals surface area contributed by atoms with Gasteiger partial charge in [0.25, 0.3) is 5.91 Å². The molecule has 3 rings (SSSR count). The Kier molecular flexibility index (Phi) is 4.20. The fraction of sp³-hybridized carbons (Fsp3) is 0.0556. The predicted molar refractivity (Wildman–Crippen MR) is 85.4 cm³/mol. The summed E-state index contributed by atoms with van der Waals surface area (Å²) in [5.74, 6) is -0.129. The molecule has 2 aromatic heterocycles. The molecule has 0 aliphatic carbocycles. The summed E-state index contributed by atoms with van der Waals surface area (Å²) >= 11 is 0. The van der Waals surface area contributed by atoms with E-state index in [1.165, 1.54) is 0 Å². The van der Waals surface area contributed by atoms with Crippen molar-refractivity contribution < 1.29 is 4.79 Å². The zero-order chi connectivity index (χ0) is 15.2. The molecule has 1 amide bonds. The third-order valence-corrected chi connectivity index (χ3v) is 3.26. The maximum Gasteiger partial charge on any atom is 0.277 e. The van der Waals surface area contributed by atoms with E-state index in [0.717, 1.165) is 11.3 Å². The monoisotopic (exact) mass is 289 g/mol. The largest absolute Gasteiger partial charge is 0.303 e. The van der Waals surface area contributed by atoms with Gasteiger partial charge >= 0.3 is 0 Å². The van der Waals surface area contributed by atoms with Gasteiger partial charge in [0.1, 0.15) is 5.69 Å². The van der Waals surface area contributed by atoms with Gasteiger partial charge in [-0.25, -0.2) is 0 Å². The molecule has 0 aliphatic rings. The third-order valence-electron chi connectivity index (χ3n) is 3.26. The SMILES string of the molecule is O=C(c1ccccn1)N(Cc1cccnc1)c1ccccc1. The van der Waals surface area contributed by atoms with Crippen molar-refractivity contribution in [3.05, 3.63) is 90.5 Å². The summed E-state index contributed by atoms with van der Waals surface area (Å²) in [6.07, 6.45) is 5.11. The van der Waals surface area contributed by atoms with Crippen molar-refractivity contribution in [1.29, 1.82) is 0 Å². The van der Waals surface area contributed by atoms with Gasteiger partial charge in [0.2, 0.25) is 0 Å². The zero-order valence-electron chi connectivity index (χ0n) is 12.0. The minimum atomic E-state index is -0.129. The molecule has 0 saturated heterocycles. The number of carbonyl (C=O) groups is 1. The number of benzene rings is 1. The second-order valence-electron chi connectivity index (χ2n) is 4.80. The number of amides is 1. The van der Waals surface area contributed by atoms with Crippen molar-refractivity contribution in [3.63, 3.8) is 0 Å². The fourth-order valence-electron chi connectivity index (χ4n) is 2.19. The van der Waals surface area contributed by atoms with Crippen LogP contribution in [-0.4, -0.2) is 15.9 Å². The number of hydrogen-bond donors (Lipinski definition) is 0. The first kappa shape index (κ1) is 13.9. The second-order valence-corrected chi connectivity index (χ2v) is 4.80. The molecule has 4 nitrogen and oxygen atoms in total. The molecular formula is C18H15N3O. The summed E-state index contributed by atoms with van der Waals surface area (Å²) in [5.41, 5.74) is 2.23. The number of rotatable bonds is 4. The van der Waals surface area contributed by atoms with Crippen LogP contribution in [0.3, 0.4) is 0 Å². The summed E-state index contributed by atoms with van der Waals surface area (Å²) in [7, 11) is 0. The summed E-state index contributed by atoms with van der Waals surface area (Å²) in [6, 6.07) is 18.7. The molecule has 0 radical (unpaired) electrons. The standard InChI is InChI=1S/C18H15N3O/c22-18(17-10-4-5-12-20-17)21(16-8-2-1-3-9-16)14-15-7-6-11-19-13-15/h1-13H,14H2. The number of hydrogen-bond acceptors (Lipinski definition) is 3. The minimum Gasteiger partial charge on any atom is -0.303 e. The molecule has 0 bridgehead atoms. The van der Waals surface area contributed by atoms with E-state index in [-0.39, 0.29) is 5.91 Å². The lowest BCUT2D eigenvalue weighted by molar-refractivity contribution is 0.0980. The van der Waals surface area contributed by atoms with Gasteiger partial charge in [-0.2, -0.15) is 0 Å². The highest BCUT2D eigenvalue weighted by molar-refractivity contribution is 6.04. The van der Waals surface area contributed by atoms with Gasteiger partial charge in [-0.15, -0.1) is 0 Å². The van der Waals surface area contributed by atoms with E-state index in [2.05, 4.69) is 9.97 Å². The van der Waals surface area contributed by atoms with Gasteiger partial charge in [0.05, 0.1) is 6.54 Å². The Morgan fingerprint density at radius 3 is 2.41 bits per heavy atom. The Bertz CT molecular complexity index is 730. The molecule has 0 unspecified atom stereocenters. The van der Waals surface area contributed by atoms with Crippen molar-refractivity contribution in [2.75, 3.05) is 4.90 Å². The average Bonchev–Trinajstić information content (AvgIpc) is 2.61. The van der Waals surface area contributed by atoms with E-state index in [4.69, 9.17) is 0 Å². The van der Waals surface area contributed by atoms with Crippen molar-refractivity contribution in [3.8, 4) is 0 Å². The molecule has 0 spiro atoms. The highest BCUT2D eigenvalue weighted by Gasteiger charge is 2.18. The van der Waals surface area contributed by atoms with Crippen molar-refractivity contribution in [2.45, 2.75) is 6.54 Å². The normalized spacial score (nSPS) is 10.2. The van der Waals surface area contributed by atoms with E-state index in [1.807, 2.05) is 48.5 Å². The Labute approximate surface area is 129 Å². The molecule has 22 heavy (non-hydrogen) atoms. The molecule has 1 aromatic carbocycles. The van der Waals surface area contributed by atoms with Gasteiger partial charge < -0.3 is 4.90 Å². The van der Waals surface area contributed by atoms with E-state index < -0.39 is 0 Å². The molecule has 3 aromatic rings. The maximum absolute atomic E-state index is 12.8. The molecule has 0 fully saturated rings. The highest BCUT2D eigenvalue weighted by Crippen LogP contribution is 2.19. The molecular weight excluding hydrogens is 274 g/mol. The fourth-order valence-corrected chi connectivity index (χ4v) is 2.19. The molecule has 2 heterocycles. The second kappa shape index (κ2) is 6.63. The Morgan fingerprint density at radius 2 is 1.73 bits per heavy atom. The van der Waals surface area contributed by atoms with Gasteiger partial charge in [-0.05, 0) is 35.9 Å². The molecule has 0 N–H and O–H groups in total. The first-order valence-corrected chi connectivity index (χ1v) is 7.01. The Morgan fingerprint density at radius 1 is 0.909 bits per heavy atom. The first-order chi connectivity index (χ1) is 10.8. The smallest absolute Gasteiger partial charge is 0.277 e. The zero-order valence-corrected chi connectivity index (χ0v) is 12.0. The summed E-state index contributed by atoms with van der Waals surface area (Å²) in [4.78, 5) is 22.8. The van der Waals surface area contributed by atoms with E-state index in [0.29, 0.717) is 12.2 Å². The van der Waals surface area contributed by atoms with Crippen molar-refractivity contribution in [1.82, 2.24) is 9.97 Å². The van der Waals surface area contributed by atoms with Gasteiger partial charge in [-0.3, -0.25) is 14.8 Å². The maximum atomic E-state index is 12.8. The number of pyridine rings is 2. The lowest BCUT2D eigenvalue weighted by atomic mass is 10.2. The Balaban J connectivity index is 1.95. The van der Waals surface area contributed by atoms with Crippen LogP contribution < -0.4 is 4.90 Å². The number of nitrogens with zero attached hydrogens (tertiary/aromatic N) is 3. The van der Waals surface area contributed by atoms with E-state index >= 15 is 0 Å². The van der Waals surface area contributed by atoms with Crippen LogP contribution >= 0.6 is 0 Å². The Hall–Kier alpha value is -3.01. The highest BCUT2D eigenvalue weighted by atomic mass is 16.2.